The number of benzene rings is 3. The Kier molecular flexibility index (Phi) is 5.33. The summed E-state index contributed by atoms with van der Waals surface area (Å²) in [5, 5.41) is 9.07. The van der Waals surface area contributed by atoms with Gasteiger partial charge in [0.15, 0.2) is 0 Å². The van der Waals surface area contributed by atoms with E-state index in [1.807, 2.05) is 55.5 Å². The molecule has 4 rings (SSSR count). The van der Waals surface area contributed by atoms with E-state index < -0.39 is 5.97 Å². The van der Waals surface area contributed by atoms with E-state index in [0.29, 0.717) is 11.4 Å². The Morgan fingerprint density at radius 3 is 2.30 bits per heavy atom. The van der Waals surface area contributed by atoms with Crippen LogP contribution in [0, 0.1) is 6.92 Å². The molecule has 1 N–H and O–H groups in total. The molecule has 1 aliphatic heterocycles. The largest absolute Gasteiger partial charge is 0.478 e. The smallest absolute Gasteiger partial charge is 0.335 e. The minimum atomic E-state index is -0.995. The lowest BCUT2D eigenvalue weighted by molar-refractivity contribution is -0.113. The molecule has 5 nitrogen and oxygen atoms in total. The van der Waals surface area contributed by atoms with E-state index in [0.717, 1.165) is 21.3 Å². The Morgan fingerprint density at radius 2 is 1.67 bits per heavy atom. The number of hydrogen-bond acceptors (Lipinski definition) is 3. The van der Waals surface area contributed by atoms with Crippen LogP contribution >= 0.6 is 15.9 Å². The maximum atomic E-state index is 13.3. The topological polar surface area (TPSA) is 70.0 Å². The normalized spacial score (nSPS) is 14.9. The van der Waals surface area contributed by atoms with Gasteiger partial charge in [-0.05, 0) is 48.9 Å². The number of aryl methyl sites for hydroxylation is 1. The van der Waals surface area contributed by atoms with Gasteiger partial charge in [-0.1, -0.05) is 64.0 Å². The first kappa shape index (κ1) is 19.8. The Morgan fingerprint density at radius 1 is 1.00 bits per heavy atom. The van der Waals surface area contributed by atoms with E-state index in [9.17, 15) is 9.59 Å². The summed E-state index contributed by atoms with van der Waals surface area (Å²) >= 11 is 3.55. The molecule has 0 aliphatic carbocycles. The third kappa shape index (κ3) is 3.82. The average Bonchev–Trinajstić information content (AvgIpc) is 3.05. The zero-order valence-electron chi connectivity index (χ0n) is 16.0. The molecule has 0 aromatic heterocycles. The van der Waals surface area contributed by atoms with E-state index in [1.165, 1.54) is 12.1 Å². The van der Waals surface area contributed by atoms with Crippen molar-refractivity contribution in [3.63, 3.8) is 0 Å². The first-order chi connectivity index (χ1) is 14.4. The molecule has 6 heteroatoms. The fourth-order valence-corrected chi connectivity index (χ4v) is 3.62. The van der Waals surface area contributed by atoms with Gasteiger partial charge in [0.05, 0.1) is 11.3 Å². The third-order valence-electron chi connectivity index (χ3n) is 4.73. The summed E-state index contributed by atoms with van der Waals surface area (Å²) in [4.78, 5) is 30.6. The van der Waals surface area contributed by atoms with Crippen molar-refractivity contribution in [2.45, 2.75) is 6.92 Å². The molecule has 3 aromatic rings. The molecule has 30 heavy (non-hydrogen) atoms. The van der Waals surface area contributed by atoms with Crippen LogP contribution in [0.15, 0.2) is 88.0 Å². The number of carbonyl (C=O) groups excluding carboxylic acids is 1. The van der Waals surface area contributed by atoms with Crippen LogP contribution in [0.2, 0.25) is 0 Å². The fraction of sp³-hybridized carbons (Fsp3) is 0.0417. The lowest BCUT2D eigenvalue weighted by Crippen LogP contribution is -2.32. The maximum Gasteiger partial charge on any atom is 0.335 e. The van der Waals surface area contributed by atoms with Crippen LogP contribution in [-0.2, 0) is 4.79 Å². The Hall–Kier alpha value is -3.51. The molecule has 1 heterocycles. The highest BCUT2D eigenvalue weighted by Crippen LogP contribution is 2.30. The Bertz CT molecular complexity index is 1200. The van der Waals surface area contributed by atoms with E-state index in [4.69, 9.17) is 5.11 Å². The van der Waals surface area contributed by atoms with Gasteiger partial charge in [0.1, 0.15) is 11.5 Å². The lowest BCUT2D eigenvalue weighted by Gasteiger charge is -2.19. The molecule has 148 valence electrons. The number of amides is 1. The Labute approximate surface area is 182 Å². The van der Waals surface area contributed by atoms with Gasteiger partial charge < -0.3 is 5.11 Å². The standard InChI is InChI=1S/C24H17BrN2O3/c1-15-6-12-18(13-7-15)27-22(19-4-2-3-5-20(19)25)26-21(23(27)28)14-16-8-10-17(11-9-16)24(29)30/h2-14H,1H3,(H,29,30)/b21-14+. The predicted molar refractivity (Wildman–Crippen MR) is 121 cm³/mol. The molecule has 0 bridgehead atoms. The molecule has 1 amide bonds. The molecule has 0 saturated carbocycles. The van der Waals surface area contributed by atoms with Crippen LogP contribution in [0.25, 0.3) is 6.08 Å². The molecule has 3 aromatic carbocycles. The monoisotopic (exact) mass is 460 g/mol. The highest BCUT2D eigenvalue weighted by atomic mass is 79.9. The molecule has 0 atom stereocenters. The number of nitrogens with zero attached hydrogens (tertiary/aromatic N) is 2. The van der Waals surface area contributed by atoms with Gasteiger partial charge in [-0.3, -0.25) is 9.69 Å². The summed E-state index contributed by atoms with van der Waals surface area (Å²) in [6.07, 6.45) is 1.67. The van der Waals surface area contributed by atoms with Crippen LogP contribution in [0.1, 0.15) is 27.0 Å². The van der Waals surface area contributed by atoms with Gasteiger partial charge >= 0.3 is 5.97 Å². The highest BCUT2D eigenvalue weighted by Gasteiger charge is 2.33. The van der Waals surface area contributed by atoms with Crippen molar-refractivity contribution in [2.24, 2.45) is 4.99 Å². The number of amidine groups is 1. The average molecular weight is 461 g/mol. The van der Waals surface area contributed by atoms with Crippen molar-refractivity contribution in [1.29, 1.82) is 0 Å². The van der Waals surface area contributed by atoms with E-state index >= 15 is 0 Å². The van der Waals surface area contributed by atoms with Crippen molar-refractivity contribution in [3.05, 3.63) is 105 Å². The SMILES string of the molecule is Cc1ccc(N2C(=O)/C(=C\c3ccc(C(=O)O)cc3)N=C2c2ccccc2Br)cc1. The van der Waals surface area contributed by atoms with E-state index in [1.54, 1.807) is 23.1 Å². The summed E-state index contributed by atoms with van der Waals surface area (Å²) in [6.45, 7) is 1.99. The van der Waals surface area contributed by atoms with Crippen molar-refractivity contribution in [3.8, 4) is 0 Å². The second-order valence-electron chi connectivity index (χ2n) is 6.85. The molecule has 1 aliphatic rings. The summed E-state index contributed by atoms with van der Waals surface area (Å²) in [5.74, 6) is -0.706. The zero-order valence-corrected chi connectivity index (χ0v) is 17.6. The number of carbonyl (C=O) groups is 2. The van der Waals surface area contributed by atoms with Crippen LogP contribution < -0.4 is 4.90 Å². The highest BCUT2D eigenvalue weighted by molar-refractivity contribution is 9.10. The Balaban J connectivity index is 1.80. The van der Waals surface area contributed by atoms with Gasteiger partial charge in [0, 0.05) is 10.0 Å². The molecule has 0 saturated heterocycles. The minimum absolute atomic E-state index is 0.189. The van der Waals surface area contributed by atoms with Crippen molar-refractivity contribution < 1.29 is 14.7 Å². The molecule has 0 radical (unpaired) electrons. The quantitative estimate of drug-likeness (QED) is 0.537. The van der Waals surface area contributed by atoms with Gasteiger partial charge in [-0.25, -0.2) is 9.79 Å². The number of anilines is 1. The molecule has 0 spiro atoms. The molecular weight excluding hydrogens is 444 g/mol. The van der Waals surface area contributed by atoms with Gasteiger partial charge in [-0.15, -0.1) is 0 Å². The van der Waals surface area contributed by atoms with Gasteiger partial charge in [0.25, 0.3) is 5.91 Å². The molecule has 0 unspecified atom stereocenters. The van der Waals surface area contributed by atoms with E-state index in [2.05, 4.69) is 20.9 Å². The second-order valence-corrected chi connectivity index (χ2v) is 7.70. The molecule has 0 fully saturated rings. The summed E-state index contributed by atoms with van der Waals surface area (Å²) in [6, 6.07) is 21.6. The van der Waals surface area contributed by atoms with Crippen LogP contribution in [0.3, 0.4) is 0 Å². The fourth-order valence-electron chi connectivity index (χ4n) is 3.15. The lowest BCUT2D eigenvalue weighted by atomic mass is 10.1. The first-order valence-corrected chi connectivity index (χ1v) is 10.0. The van der Waals surface area contributed by atoms with Crippen molar-refractivity contribution in [2.75, 3.05) is 4.90 Å². The van der Waals surface area contributed by atoms with Crippen molar-refractivity contribution >= 4 is 45.4 Å². The first-order valence-electron chi connectivity index (χ1n) is 9.24. The maximum absolute atomic E-state index is 13.3. The number of hydrogen-bond donors (Lipinski definition) is 1. The molecular formula is C24H17BrN2O3. The third-order valence-corrected chi connectivity index (χ3v) is 5.42. The number of aliphatic imine (C=N–C) groups is 1. The minimum Gasteiger partial charge on any atom is -0.478 e. The van der Waals surface area contributed by atoms with Crippen LogP contribution in [0.5, 0.6) is 0 Å². The van der Waals surface area contributed by atoms with Gasteiger partial charge in [0.2, 0.25) is 0 Å². The zero-order chi connectivity index (χ0) is 21.3. The summed E-state index contributed by atoms with van der Waals surface area (Å²) < 4.78 is 0.834. The number of halogens is 1. The number of aromatic carboxylic acids is 1. The predicted octanol–water partition coefficient (Wildman–Crippen LogP) is 5.29. The number of carboxylic acids is 1. The second kappa shape index (κ2) is 8.08. The summed E-state index contributed by atoms with van der Waals surface area (Å²) in [5.41, 5.74) is 3.79. The number of rotatable bonds is 4. The van der Waals surface area contributed by atoms with Crippen molar-refractivity contribution in [1.82, 2.24) is 0 Å². The van der Waals surface area contributed by atoms with Crippen LogP contribution in [0.4, 0.5) is 5.69 Å². The van der Waals surface area contributed by atoms with Gasteiger partial charge in [-0.2, -0.15) is 0 Å². The van der Waals surface area contributed by atoms with Crippen LogP contribution in [-0.4, -0.2) is 22.8 Å². The van der Waals surface area contributed by atoms with E-state index in [-0.39, 0.29) is 17.2 Å². The summed E-state index contributed by atoms with van der Waals surface area (Å²) in [7, 11) is 0. The number of carboxylic acid groups (broad SMARTS) is 1.